The molecule has 0 aliphatic carbocycles. The molecule has 4 heterocycles. The van der Waals surface area contributed by atoms with E-state index < -0.39 is 29.7 Å². The second-order valence-electron chi connectivity index (χ2n) is 8.87. The Kier molecular flexibility index (Phi) is 6.45. The second-order valence-corrected chi connectivity index (χ2v) is 8.87. The van der Waals surface area contributed by atoms with Gasteiger partial charge in [0.05, 0.1) is 5.56 Å². The fraction of sp³-hybridized carbons (Fsp3) is 0.240. The number of nitrogen functional groups attached to an aromatic ring is 1. The minimum absolute atomic E-state index is 0.134. The summed E-state index contributed by atoms with van der Waals surface area (Å²) in [7, 11) is 0. The Labute approximate surface area is 213 Å². The number of imidazole rings is 1. The van der Waals surface area contributed by atoms with Gasteiger partial charge in [0, 0.05) is 35.6 Å². The number of nitrogens with one attached hydrogen (secondary N) is 2. The molecule has 38 heavy (non-hydrogen) atoms. The largest absolute Gasteiger partial charge is 0.480 e. The van der Waals surface area contributed by atoms with Crippen molar-refractivity contribution in [2.45, 2.75) is 31.0 Å². The molecule has 1 saturated heterocycles. The second kappa shape index (κ2) is 9.74. The summed E-state index contributed by atoms with van der Waals surface area (Å²) in [4.78, 5) is 37.0. The Morgan fingerprint density at radius 2 is 1.89 bits per heavy atom. The van der Waals surface area contributed by atoms with E-state index in [1.54, 1.807) is 24.5 Å². The van der Waals surface area contributed by atoms with Crippen LogP contribution in [-0.2, 0) is 11.0 Å². The van der Waals surface area contributed by atoms with Gasteiger partial charge in [0.25, 0.3) is 5.91 Å². The molecule has 4 aromatic rings. The van der Waals surface area contributed by atoms with Crippen LogP contribution < -0.4 is 16.4 Å². The van der Waals surface area contributed by atoms with E-state index in [-0.39, 0.29) is 23.1 Å². The summed E-state index contributed by atoms with van der Waals surface area (Å²) < 4.78 is 40.7. The number of nitrogens with two attached hydrogens (primary N) is 1. The summed E-state index contributed by atoms with van der Waals surface area (Å²) in [6.07, 6.45) is 0.728. The van der Waals surface area contributed by atoms with Crippen molar-refractivity contribution < 1.29 is 27.9 Å². The Morgan fingerprint density at radius 1 is 1.13 bits per heavy atom. The van der Waals surface area contributed by atoms with Crippen LogP contribution in [-0.4, -0.2) is 48.9 Å². The van der Waals surface area contributed by atoms with E-state index in [1.807, 2.05) is 4.40 Å². The number of alkyl halides is 3. The molecule has 1 amide bonds. The summed E-state index contributed by atoms with van der Waals surface area (Å²) in [5.74, 6) is -1.01. The van der Waals surface area contributed by atoms with Gasteiger partial charge in [0.15, 0.2) is 0 Å². The monoisotopic (exact) mass is 525 g/mol. The Bertz CT molecular complexity index is 1520. The lowest BCUT2D eigenvalue weighted by molar-refractivity contribution is -0.140. The van der Waals surface area contributed by atoms with Crippen molar-refractivity contribution >= 4 is 29.0 Å². The van der Waals surface area contributed by atoms with Crippen LogP contribution in [0.2, 0.25) is 0 Å². The molecular weight excluding hydrogens is 503 g/mol. The highest BCUT2D eigenvalue weighted by Gasteiger charge is 2.32. The number of hydrogen-bond acceptors (Lipinski definition) is 7. The molecule has 5 N–H and O–H groups in total. The summed E-state index contributed by atoms with van der Waals surface area (Å²) in [5, 5.41) is 14.8. The smallest absolute Gasteiger partial charge is 0.416 e. The number of rotatable bonds is 5. The van der Waals surface area contributed by atoms with Crippen LogP contribution in [0.1, 0.15) is 40.5 Å². The number of halogens is 3. The van der Waals surface area contributed by atoms with Gasteiger partial charge in [-0.3, -0.25) is 14.0 Å². The summed E-state index contributed by atoms with van der Waals surface area (Å²) in [6, 6.07) is 7.22. The number of pyridine rings is 1. The Morgan fingerprint density at radius 3 is 2.61 bits per heavy atom. The summed E-state index contributed by atoms with van der Waals surface area (Å²) in [5.41, 5.74) is 7.17. The molecule has 0 bridgehead atoms. The van der Waals surface area contributed by atoms with Crippen LogP contribution in [0.3, 0.4) is 0 Å². The molecule has 2 atom stereocenters. The lowest BCUT2D eigenvalue weighted by Crippen LogP contribution is -2.43. The zero-order valence-corrected chi connectivity index (χ0v) is 19.7. The molecule has 10 nitrogen and oxygen atoms in total. The third-order valence-electron chi connectivity index (χ3n) is 6.43. The minimum atomic E-state index is -4.56. The average molecular weight is 525 g/mol. The third kappa shape index (κ3) is 4.87. The molecule has 2 unspecified atom stereocenters. The molecule has 13 heteroatoms. The number of nitrogens with zero attached hydrogens (tertiary/aromatic N) is 4. The average Bonchev–Trinajstić information content (AvgIpc) is 3.29. The predicted molar refractivity (Wildman–Crippen MR) is 131 cm³/mol. The number of hydrogen-bond donors (Lipinski definition) is 4. The van der Waals surface area contributed by atoms with Crippen LogP contribution >= 0.6 is 0 Å². The SMILES string of the molecule is Nc1nccn2c(C3CCNC(C(=O)O)C3)nc(-c3ccc(C(=O)Nc4cc(C(F)(F)F)ccn4)cc3)c12. The third-order valence-corrected chi connectivity index (χ3v) is 6.43. The number of fused-ring (bicyclic) bond motifs is 1. The van der Waals surface area contributed by atoms with E-state index in [1.165, 1.54) is 12.1 Å². The molecule has 1 aromatic carbocycles. The fourth-order valence-corrected chi connectivity index (χ4v) is 4.56. The zero-order chi connectivity index (χ0) is 27.0. The molecule has 3 aromatic heterocycles. The van der Waals surface area contributed by atoms with Crippen LogP contribution in [0, 0.1) is 0 Å². The van der Waals surface area contributed by atoms with Crippen molar-refractivity contribution in [3.05, 3.63) is 71.9 Å². The van der Waals surface area contributed by atoms with E-state index in [4.69, 9.17) is 10.7 Å². The van der Waals surface area contributed by atoms with Crippen molar-refractivity contribution in [2.75, 3.05) is 17.6 Å². The maximum Gasteiger partial charge on any atom is 0.416 e. The number of carbonyl (C=O) groups is 2. The van der Waals surface area contributed by atoms with Crippen LogP contribution in [0.5, 0.6) is 0 Å². The molecule has 0 saturated carbocycles. The number of carbonyl (C=O) groups excluding carboxylic acids is 1. The number of aliphatic carboxylic acids is 1. The molecule has 0 spiro atoms. The van der Waals surface area contributed by atoms with Crippen LogP contribution in [0.15, 0.2) is 55.0 Å². The number of benzene rings is 1. The molecule has 0 radical (unpaired) electrons. The van der Waals surface area contributed by atoms with Crippen molar-refractivity contribution in [1.29, 1.82) is 0 Å². The highest BCUT2D eigenvalue weighted by Crippen LogP contribution is 2.35. The molecule has 1 fully saturated rings. The van der Waals surface area contributed by atoms with Crippen molar-refractivity contribution in [3.63, 3.8) is 0 Å². The number of carboxylic acid groups (broad SMARTS) is 1. The van der Waals surface area contributed by atoms with Gasteiger partial charge in [0.2, 0.25) is 0 Å². The number of carboxylic acids is 1. The normalized spacial score (nSPS) is 17.9. The lowest BCUT2D eigenvalue weighted by atomic mass is 9.92. The summed E-state index contributed by atoms with van der Waals surface area (Å²) >= 11 is 0. The van der Waals surface area contributed by atoms with Gasteiger partial charge < -0.3 is 21.5 Å². The highest BCUT2D eigenvalue weighted by atomic mass is 19.4. The first kappa shape index (κ1) is 25.1. The molecule has 5 rings (SSSR count). The van der Waals surface area contributed by atoms with E-state index in [0.717, 1.165) is 18.3 Å². The topological polar surface area (TPSA) is 148 Å². The molecule has 1 aliphatic rings. The van der Waals surface area contributed by atoms with Gasteiger partial charge >= 0.3 is 12.1 Å². The first-order valence-electron chi connectivity index (χ1n) is 11.7. The van der Waals surface area contributed by atoms with Gasteiger partial charge in [-0.2, -0.15) is 13.2 Å². The van der Waals surface area contributed by atoms with Crippen molar-refractivity contribution in [1.82, 2.24) is 24.7 Å². The first-order valence-corrected chi connectivity index (χ1v) is 11.7. The highest BCUT2D eigenvalue weighted by molar-refractivity contribution is 6.04. The maximum absolute atomic E-state index is 13.0. The van der Waals surface area contributed by atoms with Crippen LogP contribution in [0.25, 0.3) is 16.8 Å². The van der Waals surface area contributed by atoms with E-state index in [2.05, 4.69) is 20.6 Å². The van der Waals surface area contributed by atoms with Crippen molar-refractivity contribution in [2.24, 2.45) is 0 Å². The van der Waals surface area contributed by atoms with Gasteiger partial charge in [0.1, 0.15) is 34.7 Å². The fourth-order valence-electron chi connectivity index (χ4n) is 4.56. The standard InChI is InChI=1S/C25H22F3N7O3/c26-25(27,28)16-6-8-31-18(12-16)33-23(36)14-3-1-13(2-4-14)19-20-21(29)32-9-10-35(20)22(34-19)15-5-7-30-17(11-15)24(37)38/h1-4,6,8-10,12,15,17,30H,5,7,11H2,(H2,29,32)(H,37,38)(H,31,33,36). The molecule has 1 aliphatic heterocycles. The summed E-state index contributed by atoms with van der Waals surface area (Å²) in [6.45, 7) is 0.525. The van der Waals surface area contributed by atoms with Gasteiger partial charge in [-0.05, 0) is 43.7 Å². The van der Waals surface area contributed by atoms with E-state index in [0.29, 0.717) is 42.0 Å². The molecule has 196 valence electrons. The first-order chi connectivity index (χ1) is 18.1. The minimum Gasteiger partial charge on any atom is -0.480 e. The van der Waals surface area contributed by atoms with Gasteiger partial charge in [-0.1, -0.05) is 12.1 Å². The Balaban J connectivity index is 1.43. The quantitative estimate of drug-likeness (QED) is 0.309. The maximum atomic E-state index is 13.0. The predicted octanol–water partition coefficient (Wildman–Crippen LogP) is 3.56. The number of aromatic nitrogens is 4. The molecular formula is C25H22F3N7O3. The van der Waals surface area contributed by atoms with Crippen molar-refractivity contribution in [3.8, 4) is 11.3 Å². The van der Waals surface area contributed by atoms with Gasteiger partial charge in [-0.25, -0.2) is 15.0 Å². The number of piperidine rings is 1. The number of anilines is 2. The van der Waals surface area contributed by atoms with Crippen LogP contribution in [0.4, 0.5) is 24.8 Å². The van der Waals surface area contributed by atoms with E-state index in [9.17, 15) is 27.9 Å². The van der Waals surface area contributed by atoms with Gasteiger partial charge in [-0.15, -0.1) is 0 Å². The lowest BCUT2D eigenvalue weighted by Gasteiger charge is -2.27. The zero-order valence-electron chi connectivity index (χ0n) is 19.7. The number of amides is 1. The Hall–Kier alpha value is -4.52. The van der Waals surface area contributed by atoms with E-state index >= 15 is 0 Å².